The Hall–Kier alpha value is -3.78. The number of hydrogen-bond donors (Lipinski definition) is 4. The summed E-state index contributed by atoms with van der Waals surface area (Å²) in [6.07, 6.45) is 8.78. The fourth-order valence-electron chi connectivity index (χ4n) is 3.15. The molecule has 1 fully saturated rings. The van der Waals surface area contributed by atoms with Crippen LogP contribution in [0.2, 0.25) is 0 Å². The highest BCUT2D eigenvalue weighted by molar-refractivity contribution is 6.10. The first-order valence-electron chi connectivity index (χ1n) is 9.53. The SMILES string of the molecule is N=C/C(=C\N)c1ccncc1/C=C/C(=O)Nc1ccc(CN2CCNC(=O)C2)cc1. The van der Waals surface area contributed by atoms with Crippen molar-refractivity contribution in [2.24, 2.45) is 5.73 Å². The molecule has 154 valence electrons. The second kappa shape index (κ2) is 10.1. The van der Waals surface area contributed by atoms with Crippen molar-refractivity contribution in [3.05, 3.63) is 71.7 Å². The lowest BCUT2D eigenvalue weighted by Gasteiger charge is -2.26. The molecule has 2 heterocycles. The molecule has 2 aromatic rings. The van der Waals surface area contributed by atoms with Crippen LogP contribution in [0.15, 0.2) is 55.0 Å². The summed E-state index contributed by atoms with van der Waals surface area (Å²) < 4.78 is 0. The zero-order chi connectivity index (χ0) is 21.3. The summed E-state index contributed by atoms with van der Waals surface area (Å²) in [7, 11) is 0. The van der Waals surface area contributed by atoms with Crippen LogP contribution in [0, 0.1) is 5.41 Å². The number of amides is 2. The average Bonchev–Trinajstić information content (AvgIpc) is 2.75. The second-order valence-electron chi connectivity index (χ2n) is 6.81. The van der Waals surface area contributed by atoms with Gasteiger partial charge >= 0.3 is 0 Å². The highest BCUT2D eigenvalue weighted by Crippen LogP contribution is 2.18. The molecular weight excluding hydrogens is 380 g/mol. The lowest BCUT2D eigenvalue weighted by molar-refractivity contribution is -0.124. The van der Waals surface area contributed by atoms with Gasteiger partial charge < -0.3 is 21.8 Å². The monoisotopic (exact) mass is 404 g/mol. The van der Waals surface area contributed by atoms with Gasteiger partial charge in [-0.15, -0.1) is 0 Å². The lowest BCUT2D eigenvalue weighted by Crippen LogP contribution is -2.47. The van der Waals surface area contributed by atoms with Crippen LogP contribution in [0.4, 0.5) is 5.69 Å². The summed E-state index contributed by atoms with van der Waals surface area (Å²) in [5.74, 6) is -0.234. The van der Waals surface area contributed by atoms with Crippen molar-refractivity contribution in [3.8, 4) is 0 Å². The maximum Gasteiger partial charge on any atom is 0.248 e. The summed E-state index contributed by atoms with van der Waals surface area (Å²) in [5.41, 5.74) is 9.27. The van der Waals surface area contributed by atoms with Crippen molar-refractivity contribution in [1.82, 2.24) is 15.2 Å². The van der Waals surface area contributed by atoms with Gasteiger partial charge in [0.15, 0.2) is 0 Å². The molecule has 1 aromatic carbocycles. The first-order valence-corrected chi connectivity index (χ1v) is 9.53. The Labute approximate surface area is 175 Å². The molecule has 0 atom stereocenters. The molecule has 5 N–H and O–H groups in total. The highest BCUT2D eigenvalue weighted by Gasteiger charge is 2.15. The number of nitrogens with two attached hydrogens (primary N) is 1. The van der Waals surface area contributed by atoms with Crippen molar-refractivity contribution in [1.29, 1.82) is 5.41 Å². The molecule has 1 aromatic heterocycles. The molecule has 2 amide bonds. The van der Waals surface area contributed by atoms with E-state index >= 15 is 0 Å². The van der Waals surface area contributed by atoms with E-state index < -0.39 is 0 Å². The molecule has 30 heavy (non-hydrogen) atoms. The maximum atomic E-state index is 12.3. The van der Waals surface area contributed by atoms with Gasteiger partial charge in [0.2, 0.25) is 11.8 Å². The third kappa shape index (κ3) is 5.62. The van der Waals surface area contributed by atoms with E-state index in [4.69, 9.17) is 11.1 Å². The van der Waals surface area contributed by atoms with Gasteiger partial charge in [-0.05, 0) is 35.4 Å². The quantitative estimate of drug-likeness (QED) is 0.412. The summed E-state index contributed by atoms with van der Waals surface area (Å²) in [5, 5.41) is 13.1. The van der Waals surface area contributed by atoms with E-state index in [9.17, 15) is 9.59 Å². The standard InChI is InChI=1S/C22H24N6O2/c23-11-18(12-24)20-7-8-25-13-17(20)3-6-21(29)27-19-4-1-16(2-5-19)14-28-10-9-26-22(30)15-28/h1-8,11-13,23H,9-10,14-15,24H2,(H,26,30)(H,27,29)/b6-3+,18-12+,23-11?. The Bertz CT molecular complexity index is 981. The number of nitrogens with one attached hydrogen (secondary N) is 3. The van der Waals surface area contributed by atoms with E-state index in [2.05, 4.69) is 20.5 Å². The minimum atomic E-state index is -0.279. The zero-order valence-corrected chi connectivity index (χ0v) is 16.5. The minimum absolute atomic E-state index is 0.0448. The van der Waals surface area contributed by atoms with Crippen LogP contribution in [-0.4, -0.2) is 47.5 Å². The van der Waals surface area contributed by atoms with Crippen LogP contribution in [0.5, 0.6) is 0 Å². The number of carbonyl (C=O) groups excluding carboxylic acids is 2. The fraction of sp³-hybridized carbons (Fsp3) is 0.182. The zero-order valence-electron chi connectivity index (χ0n) is 16.5. The molecule has 0 bridgehead atoms. The smallest absolute Gasteiger partial charge is 0.248 e. The number of anilines is 1. The predicted molar refractivity (Wildman–Crippen MR) is 118 cm³/mol. The Balaban J connectivity index is 1.60. The Morgan fingerprint density at radius 1 is 1.30 bits per heavy atom. The molecular formula is C22H24N6O2. The Morgan fingerprint density at radius 3 is 2.80 bits per heavy atom. The van der Waals surface area contributed by atoms with Crippen LogP contribution in [0.1, 0.15) is 16.7 Å². The van der Waals surface area contributed by atoms with E-state index in [1.54, 1.807) is 24.5 Å². The topological polar surface area (TPSA) is 124 Å². The van der Waals surface area contributed by atoms with E-state index in [0.717, 1.165) is 23.9 Å². The van der Waals surface area contributed by atoms with Gasteiger partial charge in [0.05, 0.1) is 6.54 Å². The van der Waals surface area contributed by atoms with Crippen molar-refractivity contribution >= 4 is 35.4 Å². The fourth-order valence-corrected chi connectivity index (χ4v) is 3.15. The summed E-state index contributed by atoms with van der Waals surface area (Å²) in [4.78, 5) is 29.9. The predicted octanol–water partition coefficient (Wildman–Crippen LogP) is 1.61. The Morgan fingerprint density at radius 2 is 2.10 bits per heavy atom. The third-order valence-electron chi connectivity index (χ3n) is 4.66. The number of aromatic nitrogens is 1. The molecule has 3 rings (SSSR count). The van der Waals surface area contributed by atoms with Crippen LogP contribution >= 0.6 is 0 Å². The van der Waals surface area contributed by atoms with Crippen LogP contribution in [0.25, 0.3) is 11.6 Å². The Kier molecular flexibility index (Phi) is 7.07. The molecule has 8 heteroatoms. The molecule has 0 saturated carbocycles. The average molecular weight is 404 g/mol. The van der Waals surface area contributed by atoms with Crippen molar-refractivity contribution in [3.63, 3.8) is 0 Å². The van der Waals surface area contributed by atoms with Crippen LogP contribution in [-0.2, 0) is 16.1 Å². The number of rotatable bonds is 7. The van der Waals surface area contributed by atoms with Crippen LogP contribution in [0.3, 0.4) is 0 Å². The number of allylic oxidation sites excluding steroid dienone is 1. The number of benzene rings is 1. The number of carbonyl (C=O) groups is 2. The first kappa shape index (κ1) is 20.9. The van der Waals surface area contributed by atoms with Gasteiger partial charge in [-0.25, -0.2) is 0 Å². The van der Waals surface area contributed by atoms with Gasteiger partial charge in [0.25, 0.3) is 0 Å². The number of piperazine rings is 1. The van der Waals surface area contributed by atoms with Gasteiger partial charge in [-0.2, -0.15) is 0 Å². The molecule has 0 aliphatic carbocycles. The number of pyridine rings is 1. The van der Waals surface area contributed by atoms with Crippen molar-refractivity contribution < 1.29 is 9.59 Å². The normalized spacial score (nSPS) is 15.1. The molecule has 0 spiro atoms. The minimum Gasteiger partial charge on any atom is -0.404 e. The van der Waals surface area contributed by atoms with Gasteiger partial charge in [0.1, 0.15) is 0 Å². The molecule has 1 aliphatic heterocycles. The number of hydrogen-bond acceptors (Lipinski definition) is 6. The molecule has 8 nitrogen and oxygen atoms in total. The molecule has 0 unspecified atom stereocenters. The lowest BCUT2D eigenvalue weighted by atomic mass is 10.0. The summed E-state index contributed by atoms with van der Waals surface area (Å²) >= 11 is 0. The van der Waals surface area contributed by atoms with Crippen molar-refractivity contribution in [2.75, 3.05) is 25.0 Å². The van der Waals surface area contributed by atoms with Crippen LogP contribution < -0.4 is 16.4 Å². The van der Waals surface area contributed by atoms with E-state index in [0.29, 0.717) is 36.5 Å². The van der Waals surface area contributed by atoms with Gasteiger partial charge in [0, 0.05) is 67.3 Å². The maximum absolute atomic E-state index is 12.3. The van der Waals surface area contributed by atoms with Gasteiger partial charge in [-0.3, -0.25) is 19.5 Å². The van der Waals surface area contributed by atoms with E-state index in [1.807, 2.05) is 24.3 Å². The largest absolute Gasteiger partial charge is 0.404 e. The van der Waals surface area contributed by atoms with Crippen molar-refractivity contribution in [2.45, 2.75) is 6.54 Å². The molecule has 1 aliphatic rings. The first-order chi connectivity index (χ1) is 14.6. The highest BCUT2D eigenvalue weighted by atomic mass is 16.2. The van der Waals surface area contributed by atoms with E-state index in [1.165, 1.54) is 12.3 Å². The van der Waals surface area contributed by atoms with Gasteiger partial charge in [-0.1, -0.05) is 12.1 Å². The second-order valence-corrected chi connectivity index (χ2v) is 6.81. The summed E-state index contributed by atoms with van der Waals surface area (Å²) in [6.45, 7) is 2.58. The number of nitrogens with zero attached hydrogens (tertiary/aromatic N) is 2. The summed E-state index contributed by atoms with van der Waals surface area (Å²) in [6, 6.07) is 9.29. The molecule has 0 radical (unpaired) electrons. The van der Waals surface area contributed by atoms with E-state index in [-0.39, 0.29) is 11.8 Å². The molecule has 1 saturated heterocycles. The third-order valence-corrected chi connectivity index (χ3v) is 4.66.